The molecule has 0 aromatic heterocycles. The molecule has 2 rings (SSSR count). The number of benzene rings is 1. The minimum absolute atomic E-state index is 0.213. The number of β-amino-alcohol motifs (C(OH)–C–C–N with tert-alkyl or cyclic N) is 1. The van der Waals surface area contributed by atoms with Crippen LogP contribution in [0.5, 0.6) is 0 Å². The van der Waals surface area contributed by atoms with Gasteiger partial charge in [0.2, 0.25) is 0 Å². The molecule has 4 N–H and O–H groups in total. The first-order valence-corrected chi connectivity index (χ1v) is 12.0. The van der Waals surface area contributed by atoms with Gasteiger partial charge in [0.15, 0.2) is 0 Å². The Morgan fingerprint density at radius 1 is 1.04 bits per heavy atom. The molecule has 5 nitrogen and oxygen atoms in total. The van der Waals surface area contributed by atoms with Gasteiger partial charge < -0.3 is 20.4 Å². The standard InChI is InChI=1S/C18H31NO4Si/c1-24(2,14-8-4-3-5-9-14)11-7-6-10-19-12-16(21)18(23)17(22)15(19)13-20/h3-5,8-9,15-18,20-23H,6-7,10-13H2,1-2H3/t15?,16-,17+,18+/m0/s1. The van der Waals surface area contributed by atoms with Gasteiger partial charge in [0.25, 0.3) is 0 Å². The van der Waals surface area contributed by atoms with E-state index in [0.29, 0.717) is 13.1 Å². The molecule has 1 saturated heterocycles. The first kappa shape index (κ1) is 19.6. The zero-order valence-corrected chi connectivity index (χ0v) is 15.7. The third kappa shape index (κ3) is 4.65. The van der Waals surface area contributed by atoms with Crippen molar-refractivity contribution in [1.29, 1.82) is 0 Å². The van der Waals surface area contributed by atoms with Crippen molar-refractivity contribution in [2.24, 2.45) is 0 Å². The molecule has 6 heteroatoms. The molecule has 0 bridgehead atoms. The van der Waals surface area contributed by atoms with E-state index in [1.54, 1.807) is 0 Å². The molecule has 24 heavy (non-hydrogen) atoms. The molecular formula is C18H31NO4Si. The van der Waals surface area contributed by atoms with Crippen LogP contribution in [0.15, 0.2) is 30.3 Å². The van der Waals surface area contributed by atoms with E-state index in [2.05, 4.69) is 37.4 Å². The highest BCUT2D eigenvalue weighted by molar-refractivity contribution is 6.89. The summed E-state index contributed by atoms with van der Waals surface area (Å²) < 4.78 is 0. The van der Waals surface area contributed by atoms with Gasteiger partial charge in [-0.15, -0.1) is 0 Å². The van der Waals surface area contributed by atoms with Crippen LogP contribution < -0.4 is 5.19 Å². The van der Waals surface area contributed by atoms with E-state index < -0.39 is 32.4 Å². The third-order valence-corrected chi connectivity index (χ3v) is 8.77. The van der Waals surface area contributed by atoms with Crippen molar-refractivity contribution in [1.82, 2.24) is 4.90 Å². The molecule has 4 atom stereocenters. The monoisotopic (exact) mass is 353 g/mol. The molecule has 1 aromatic rings. The summed E-state index contributed by atoms with van der Waals surface area (Å²) in [5.74, 6) is 0. The highest BCUT2D eigenvalue weighted by atomic mass is 28.3. The second-order valence-corrected chi connectivity index (χ2v) is 12.3. The van der Waals surface area contributed by atoms with Gasteiger partial charge in [-0.25, -0.2) is 0 Å². The second-order valence-electron chi connectivity index (χ2n) is 7.50. The number of nitrogens with zero attached hydrogens (tertiary/aromatic N) is 1. The van der Waals surface area contributed by atoms with Gasteiger partial charge in [0.1, 0.15) is 12.2 Å². The molecule has 1 aromatic carbocycles. The fourth-order valence-corrected chi connectivity index (χ4v) is 6.07. The topological polar surface area (TPSA) is 84.2 Å². The van der Waals surface area contributed by atoms with E-state index in [-0.39, 0.29) is 6.61 Å². The average molecular weight is 354 g/mol. The summed E-state index contributed by atoms with van der Waals surface area (Å²) in [7, 11) is -1.44. The summed E-state index contributed by atoms with van der Waals surface area (Å²) in [4.78, 5) is 1.90. The molecule has 0 saturated carbocycles. The van der Waals surface area contributed by atoms with Crippen LogP contribution in [0, 0.1) is 0 Å². The van der Waals surface area contributed by atoms with Crippen molar-refractivity contribution >= 4 is 13.3 Å². The average Bonchev–Trinajstić information content (AvgIpc) is 2.57. The van der Waals surface area contributed by atoms with Gasteiger partial charge in [-0.3, -0.25) is 4.90 Å². The minimum Gasteiger partial charge on any atom is -0.395 e. The minimum atomic E-state index is -1.44. The zero-order valence-electron chi connectivity index (χ0n) is 14.7. The molecule has 1 unspecified atom stereocenters. The van der Waals surface area contributed by atoms with Crippen molar-refractivity contribution in [3.8, 4) is 0 Å². The van der Waals surface area contributed by atoms with Crippen LogP contribution in [0.4, 0.5) is 0 Å². The number of likely N-dealkylation sites (tertiary alicyclic amines) is 1. The van der Waals surface area contributed by atoms with E-state index >= 15 is 0 Å². The molecule has 0 aliphatic carbocycles. The van der Waals surface area contributed by atoms with Crippen LogP contribution in [-0.4, -0.2) is 77.5 Å². The quantitative estimate of drug-likeness (QED) is 0.414. The van der Waals surface area contributed by atoms with Crippen molar-refractivity contribution < 1.29 is 20.4 Å². The normalized spacial score (nSPS) is 28.9. The van der Waals surface area contributed by atoms with Crippen molar-refractivity contribution in [3.63, 3.8) is 0 Å². The number of hydrogen-bond donors (Lipinski definition) is 4. The zero-order chi connectivity index (χ0) is 17.7. The molecule has 1 fully saturated rings. The predicted octanol–water partition coefficient (Wildman–Crippen LogP) is 0.141. The van der Waals surface area contributed by atoms with Crippen LogP contribution in [0.3, 0.4) is 0 Å². The number of rotatable bonds is 7. The number of aliphatic hydroxyl groups excluding tert-OH is 4. The summed E-state index contributed by atoms with van der Waals surface area (Å²) in [5.41, 5.74) is 0. The molecule has 0 amide bonds. The second kappa shape index (κ2) is 8.56. The van der Waals surface area contributed by atoms with Crippen LogP contribution in [0.25, 0.3) is 0 Å². The van der Waals surface area contributed by atoms with Crippen LogP contribution in [0.2, 0.25) is 19.1 Å². The van der Waals surface area contributed by atoms with Crippen molar-refractivity contribution in [3.05, 3.63) is 30.3 Å². The number of aliphatic hydroxyl groups is 4. The lowest BCUT2D eigenvalue weighted by atomic mass is 9.94. The first-order valence-electron chi connectivity index (χ1n) is 8.81. The predicted molar refractivity (Wildman–Crippen MR) is 98.1 cm³/mol. The SMILES string of the molecule is C[Si](C)(CCCCN1C[C@H](O)[C@@H](O)[C@H](O)C1CO)c1ccccc1. The molecule has 136 valence electrons. The van der Waals surface area contributed by atoms with Gasteiger partial charge in [-0.2, -0.15) is 0 Å². The Morgan fingerprint density at radius 3 is 2.33 bits per heavy atom. The fraction of sp³-hybridized carbons (Fsp3) is 0.667. The lowest BCUT2D eigenvalue weighted by Gasteiger charge is -2.43. The largest absolute Gasteiger partial charge is 0.395 e. The molecule has 1 heterocycles. The Bertz CT molecular complexity index is 499. The Balaban J connectivity index is 1.83. The maximum atomic E-state index is 10.0. The Morgan fingerprint density at radius 2 is 1.71 bits per heavy atom. The van der Waals surface area contributed by atoms with E-state index in [9.17, 15) is 20.4 Å². The lowest BCUT2D eigenvalue weighted by Crippen LogP contribution is -2.62. The number of unbranched alkanes of at least 4 members (excludes halogenated alkanes) is 1. The van der Waals surface area contributed by atoms with Gasteiger partial charge in [-0.05, 0) is 13.0 Å². The van der Waals surface area contributed by atoms with E-state index in [1.165, 1.54) is 11.2 Å². The highest BCUT2D eigenvalue weighted by Crippen LogP contribution is 2.20. The summed E-state index contributed by atoms with van der Waals surface area (Å²) >= 11 is 0. The maximum absolute atomic E-state index is 10.0. The van der Waals surface area contributed by atoms with E-state index in [0.717, 1.165) is 12.8 Å². The highest BCUT2D eigenvalue weighted by Gasteiger charge is 2.40. The van der Waals surface area contributed by atoms with Crippen LogP contribution in [-0.2, 0) is 0 Å². The van der Waals surface area contributed by atoms with Gasteiger partial charge in [0.05, 0.1) is 26.8 Å². The van der Waals surface area contributed by atoms with Gasteiger partial charge >= 0.3 is 0 Å². The first-order chi connectivity index (χ1) is 11.4. The Hall–Kier alpha value is -0.763. The van der Waals surface area contributed by atoms with Crippen LogP contribution in [0.1, 0.15) is 12.8 Å². The summed E-state index contributed by atoms with van der Waals surface area (Å²) in [6, 6.07) is 11.4. The van der Waals surface area contributed by atoms with E-state index in [4.69, 9.17) is 0 Å². The molecule has 1 aliphatic heterocycles. The molecular weight excluding hydrogens is 322 g/mol. The lowest BCUT2D eigenvalue weighted by molar-refractivity contribution is -0.145. The molecule has 1 aliphatic rings. The number of piperidine rings is 1. The summed E-state index contributed by atoms with van der Waals surface area (Å²) in [6.07, 6.45) is -1.21. The third-order valence-electron chi connectivity index (χ3n) is 5.27. The molecule has 0 spiro atoms. The van der Waals surface area contributed by atoms with Crippen LogP contribution >= 0.6 is 0 Å². The fourth-order valence-electron chi connectivity index (χ4n) is 3.55. The maximum Gasteiger partial charge on any atom is 0.109 e. The smallest absolute Gasteiger partial charge is 0.109 e. The Labute approximate surface area is 145 Å². The van der Waals surface area contributed by atoms with Gasteiger partial charge in [-0.1, -0.05) is 61.1 Å². The van der Waals surface area contributed by atoms with Crippen molar-refractivity contribution in [2.45, 2.75) is 56.3 Å². The van der Waals surface area contributed by atoms with Gasteiger partial charge in [0, 0.05) is 6.54 Å². The number of hydrogen-bond acceptors (Lipinski definition) is 5. The summed E-state index contributed by atoms with van der Waals surface area (Å²) in [6.45, 7) is 5.55. The van der Waals surface area contributed by atoms with E-state index in [1.807, 2.05) is 11.0 Å². The van der Waals surface area contributed by atoms with Crippen molar-refractivity contribution in [2.75, 3.05) is 19.7 Å². The Kier molecular flexibility index (Phi) is 6.97. The molecule has 0 radical (unpaired) electrons. The summed E-state index contributed by atoms with van der Waals surface area (Å²) in [5, 5.41) is 40.5.